The van der Waals surface area contributed by atoms with E-state index in [1.807, 2.05) is 19.1 Å². The number of hydrogen-bond acceptors (Lipinski definition) is 8. The number of aromatic amines is 1. The average Bonchev–Trinajstić information content (AvgIpc) is 2.81. The average molecular weight is 445 g/mol. The Morgan fingerprint density at radius 2 is 2.00 bits per heavy atom. The van der Waals surface area contributed by atoms with E-state index in [4.69, 9.17) is 9.47 Å². The maximum Gasteiger partial charge on any atom is 0.313 e. The normalized spacial score (nSPS) is 10.8. The molecule has 0 saturated carbocycles. The van der Waals surface area contributed by atoms with Gasteiger partial charge in [-0.15, -0.1) is 0 Å². The van der Waals surface area contributed by atoms with Gasteiger partial charge in [-0.25, -0.2) is 10.4 Å². The van der Waals surface area contributed by atoms with Crippen molar-refractivity contribution < 1.29 is 14.3 Å². The molecule has 168 valence electrons. The van der Waals surface area contributed by atoms with Gasteiger partial charge in [-0.2, -0.15) is 10.4 Å². The maximum atomic E-state index is 12.3. The number of nitrogens with zero attached hydrogens (tertiary/aromatic N) is 3. The van der Waals surface area contributed by atoms with Crippen molar-refractivity contribution in [3.63, 3.8) is 0 Å². The van der Waals surface area contributed by atoms with Gasteiger partial charge >= 0.3 is 5.97 Å². The van der Waals surface area contributed by atoms with E-state index < -0.39 is 5.56 Å². The van der Waals surface area contributed by atoms with Crippen molar-refractivity contribution in [3.8, 4) is 28.8 Å². The Hall–Kier alpha value is -4.45. The first-order valence-electron chi connectivity index (χ1n) is 10.3. The molecule has 33 heavy (non-hydrogen) atoms. The molecular weight excluding hydrogens is 422 g/mol. The number of hydrazone groups is 1. The van der Waals surface area contributed by atoms with E-state index in [1.165, 1.54) is 6.21 Å². The molecule has 2 N–H and O–H groups in total. The van der Waals surface area contributed by atoms with Crippen LogP contribution in [-0.4, -0.2) is 28.8 Å². The van der Waals surface area contributed by atoms with Gasteiger partial charge < -0.3 is 9.47 Å². The van der Waals surface area contributed by atoms with Gasteiger partial charge in [-0.1, -0.05) is 44.2 Å². The molecule has 9 nitrogen and oxygen atoms in total. The minimum Gasteiger partial charge on any atom is -0.490 e. The standard InChI is InChI=1S/C24H23N5O4/c1-4-32-20-12-16(10-11-19(20)33-23(31)15(2)3)14-26-29-24-27-21(17-8-6-5-7-9-17)18(13-25)22(30)28-24/h5-12,14-15H,4H2,1-3H3,(H2,27,28,29,30). The number of benzene rings is 2. The molecule has 9 heteroatoms. The summed E-state index contributed by atoms with van der Waals surface area (Å²) in [6, 6.07) is 15.9. The first kappa shape index (κ1) is 23.2. The number of aromatic nitrogens is 2. The zero-order chi connectivity index (χ0) is 23.8. The Labute approximate surface area is 190 Å². The Morgan fingerprint density at radius 1 is 1.24 bits per heavy atom. The lowest BCUT2D eigenvalue weighted by atomic mass is 10.1. The number of rotatable bonds is 8. The zero-order valence-corrected chi connectivity index (χ0v) is 18.5. The minimum atomic E-state index is -0.570. The highest BCUT2D eigenvalue weighted by molar-refractivity contribution is 5.82. The Kier molecular flexibility index (Phi) is 7.55. The van der Waals surface area contributed by atoms with Crippen LogP contribution < -0.4 is 20.5 Å². The van der Waals surface area contributed by atoms with Crippen LogP contribution in [0.25, 0.3) is 11.3 Å². The molecule has 0 fully saturated rings. The third-order valence-corrected chi connectivity index (χ3v) is 4.41. The number of nitriles is 1. The fourth-order valence-corrected chi connectivity index (χ4v) is 2.79. The summed E-state index contributed by atoms with van der Waals surface area (Å²) in [5.41, 5.74) is 3.58. The number of carbonyl (C=O) groups is 1. The molecule has 0 amide bonds. The molecule has 0 aliphatic rings. The van der Waals surface area contributed by atoms with Crippen LogP contribution in [0.3, 0.4) is 0 Å². The summed E-state index contributed by atoms with van der Waals surface area (Å²) < 4.78 is 11.0. The summed E-state index contributed by atoms with van der Waals surface area (Å²) in [7, 11) is 0. The van der Waals surface area contributed by atoms with Crippen molar-refractivity contribution in [3.05, 3.63) is 70.0 Å². The molecule has 1 aromatic heterocycles. The van der Waals surface area contributed by atoms with Crippen LogP contribution in [-0.2, 0) is 4.79 Å². The highest BCUT2D eigenvalue weighted by Crippen LogP contribution is 2.29. The van der Waals surface area contributed by atoms with Crippen LogP contribution in [0.15, 0.2) is 58.4 Å². The van der Waals surface area contributed by atoms with Crippen molar-refractivity contribution in [2.45, 2.75) is 20.8 Å². The van der Waals surface area contributed by atoms with Crippen LogP contribution in [0.1, 0.15) is 31.9 Å². The van der Waals surface area contributed by atoms with Gasteiger partial charge in [0, 0.05) is 5.56 Å². The van der Waals surface area contributed by atoms with Crippen molar-refractivity contribution in [1.82, 2.24) is 9.97 Å². The van der Waals surface area contributed by atoms with Gasteiger partial charge in [-0.3, -0.25) is 14.6 Å². The summed E-state index contributed by atoms with van der Waals surface area (Å²) in [6.45, 7) is 5.72. The third-order valence-electron chi connectivity index (χ3n) is 4.41. The van der Waals surface area contributed by atoms with Gasteiger partial charge in [0.1, 0.15) is 11.6 Å². The number of nitrogens with one attached hydrogen (secondary N) is 2. The molecule has 0 radical (unpaired) electrons. The SMILES string of the molecule is CCOc1cc(C=NNc2nc(-c3ccccc3)c(C#N)c(=O)[nH]2)ccc1OC(=O)C(C)C. The Morgan fingerprint density at radius 3 is 2.67 bits per heavy atom. The fraction of sp³-hybridized carbons (Fsp3) is 0.208. The zero-order valence-electron chi connectivity index (χ0n) is 18.5. The number of carbonyl (C=O) groups excluding carboxylic acids is 1. The second-order valence-corrected chi connectivity index (χ2v) is 7.20. The monoisotopic (exact) mass is 445 g/mol. The molecule has 0 saturated heterocycles. The number of anilines is 1. The molecular formula is C24H23N5O4. The molecule has 0 aliphatic carbocycles. The molecule has 0 aliphatic heterocycles. The second kappa shape index (κ2) is 10.7. The molecule has 3 rings (SSSR count). The predicted molar refractivity (Wildman–Crippen MR) is 124 cm³/mol. The summed E-state index contributed by atoms with van der Waals surface area (Å²) in [6.07, 6.45) is 1.50. The molecule has 2 aromatic carbocycles. The lowest BCUT2D eigenvalue weighted by Crippen LogP contribution is -2.16. The van der Waals surface area contributed by atoms with Crippen molar-refractivity contribution in [2.24, 2.45) is 11.0 Å². The minimum absolute atomic E-state index is 0.0800. The van der Waals surface area contributed by atoms with E-state index in [-0.39, 0.29) is 29.1 Å². The largest absolute Gasteiger partial charge is 0.490 e. The lowest BCUT2D eigenvalue weighted by molar-refractivity contribution is -0.137. The fourth-order valence-electron chi connectivity index (χ4n) is 2.79. The molecule has 0 spiro atoms. The summed E-state index contributed by atoms with van der Waals surface area (Å²) in [5.74, 6) is 0.191. The van der Waals surface area contributed by atoms with Crippen LogP contribution in [0.5, 0.6) is 11.5 Å². The van der Waals surface area contributed by atoms with Crippen molar-refractivity contribution >= 4 is 18.1 Å². The molecule has 0 atom stereocenters. The van der Waals surface area contributed by atoms with E-state index in [1.54, 1.807) is 56.3 Å². The van der Waals surface area contributed by atoms with Gasteiger partial charge in [0.15, 0.2) is 11.5 Å². The smallest absolute Gasteiger partial charge is 0.313 e. The highest BCUT2D eigenvalue weighted by Gasteiger charge is 2.15. The quantitative estimate of drug-likeness (QED) is 0.234. The van der Waals surface area contributed by atoms with E-state index >= 15 is 0 Å². The number of ether oxygens (including phenoxy) is 2. The van der Waals surface area contributed by atoms with Crippen molar-refractivity contribution in [1.29, 1.82) is 5.26 Å². The summed E-state index contributed by atoms with van der Waals surface area (Å²) in [4.78, 5) is 31.1. The molecule has 3 aromatic rings. The Bertz CT molecular complexity index is 1260. The van der Waals surface area contributed by atoms with Gasteiger partial charge in [0.25, 0.3) is 5.56 Å². The van der Waals surface area contributed by atoms with Crippen LogP contribution in [0.4, 0.5) is 5.95 Å². The van der Waals surface area contributed by atoms with E-state index in [2.05, 4.69) is 20.5 Å². The molecule has 1 heterocycles. The number of esters is 1. The van der Waals surface area contributed by atoms with Gasteiger partial charge in [0.2, 0.25) is 5.95 Å². The van der Waals surface area contributed by atoms with Crippen LogP contribution in [0, 0.1) is 17.2 Å². The highest BCUT2D eigenvalue weighted by atomic mass is 16.6. The number of hydrogen-bond donors (Lipinski definition) is 2. The first-order valence-corrected chi connectivity index (χ1v) is 10.3. The topological polar surface area (TPSA) is 129 Å². The third kappa shape index (κ3) is 5.83. The van der Waals surface area contributed by atoms with Crippen LogP contribution in [0.2, 0.25) is 0 Å². The molecule has 0 unspecified atom stereocenters. The van der Waals surface area contributed by atoms with E-state index in [0.29, 0.717) is 29.2 Å². The van der Waals surface area contributed by atoms with Crippen molar-refractivity contribution in [2.75, 3.05) is 12.0 Å². The van der Waals surface area contributed by atoms with Gasteiger partial charge in [0.05, 0.1) is 24.4 Å². The van der Waals surface area contributed by atoms with Crippen LogP contribution >= 0.6 is 0 Å². The predicted octanol–water partition coefficient (Wildman–Crippen LogP) is 3.71. The molecule has 0 bridgehead atoms. The second-order valence-electron chi connectivity index (χ2n) is 7.20. The lowest BCUT2D eigenvalue weighted by Gasteiger charge is -2.12. The summed E-state index contributed by atoms with van der Waals surface area (Å²) in [5, 5.41) is 13.5. The number of H-pyrrole nitrogens is 1. The van der Waals surface area contributed by atoms with E-state index in [0.717, 1.165) is 0 Å². The maximum absolute atomic E-state index is 12.3. The Balaban J connectivity index is 1.83. The summed E-state index contributed by atoms with van der Waals surface area (Å²) >= 11 is 0. The first-order chi connectivity index (χ1) is 15.9. The van der Waals surface area contributed by atoms with Gasteiger partial charge in [-0.05, 0) is 30.7 Å². The van der Waals surface area contributed by atoms with E-state index in [9.17, 15) is 14.9 Å².